The van der Waals surface area contributed by atoms with E-state index in [0.29, 0.717) is 30.4 Å². The SMILES string of the molecule is CCCc1noc(Cn2cc(CCC(=O)O)nn2)n1. The minimum absolute atomic E-state index is 0.0416. The topological polar surface area (TPSA) is 107 Å². The maximum absolute atomic E-state index is 10.4. The van der Waals surface area contributed by atoms with Gasteiger partial charge in [-0.05, 0) is 6.42 Å². The van der Waals surface area contributed by atoms with E-state index in [-0.39, 0.29) is 6.42 Å². The molecule has 0 unspecified atom stereocenters. The van der Waals surface area contributed by atoms with Gasteiger partial charge in [0, 0.05) is 19.0 Å². The fourth-order valence-electron chi connectivity index (χ4n) is 1.58. The zero-order valence-electron chi connectivity index (χ0n) is 10.6. The fraction of sp³-hybridized carbons (Fsp3) is 0.545. The van der Waals surface area contributed by atoms with E-state index < -0.39 is 5.97 Å². The molecule has 0 radical (unpaired) electrons. The lowest BCUT2D eigenvalue weighted by molar-refractivity contribution is -0.136. The summed E-state index contributed by atoms with van der Waals surface area (Å²) in [6.07, 6.45) is 3.83. The smallest absolute Gasteiger partial charge is 0.303 e. The first-order valence-corrected chi connectivity index (χ1v) is 6.09. The van der Waals surface area contributed by atoms with Crippen LogP contribution in [0.15, 0.2) is 10.7 Å². The fourth-order valence-corrected chi connectivity index (χ4v) is 1.58. The van der Waals surface area contributed by atoms with Crippen molar-refractivity contribution in [2.75, 3.05) is 0 Å². The van der Waals surface area contributed by atoms with Crippen molar-refractivity contribution in [3.8, 4) is 0 Å². The molecule has 0 aliphatic carbocycles. The molecular weight excluding hydrogens is 250 g/mol. The van der Waals surface area contributed by atoms with Gasteiger partial charge in [0.05, 0.1) is 12.1 Å². The van der Waals surface area contributed by atoms with E-state index in [1.165, 1.54) is 0 Å². The molecule has 0 aliphatic rings. The Balaban J connectivity index is 1.93. The molecule has 0 saturated carbocycles. The Bertz CT molecular complexity index is 548. The van der Waals surface area contributed by atoms with Crippen molar-refractivity contribution in [2.45, 2.75) is 39.2 Å². The van der Waals surface area contributed by atoms with E-state index in [4.69, 9.17) is 9.63 Å². The highest BCUT2D eigenvalue weighted by atomic mass is 16.5. The van der Waals surface area contributed by atoms with E-state index in [1.54, 1.807) is 10.9 Å². The minimum Gasteiger partial charge on any atom is -0.481 e. The molecule has 0 atom stereocenters. The van der Waals surface area contributed by atoms with Gasteiger partial charge in [-0.3, -0.25) is 4.79 Å². The van der Waals surface area contributed by atoms with Crippen LogP contribution in [0.1, 0.15) is 37.2 Å². The maximum atomic E-state index is 10.4. The molecule has 102 valence electrons. The van der Waals surface area contributed by atoms with Crippen LogP contribution in [0.25, 0.3) is 0 Å². The molecular formula is C11H15N5O3. The number of aliphatic carboxylic acids is 1. The second-order valence-electron chi connectivity index (χ2n) is 4.16. The Kier molecular flexibility index (Phi) is 4.22. The molecule has 2 heterocycles. The van der Waals surface area contributed by atoms with Crippen molar-refractivity contribution in [2.24, 2.45) is 0 Å². The Hall–Kier alpha value is -2.25. The lowest BCUT2D eigenvalue weighted by Crippen LogP contribution is -2.01. The molecule has 0 aliphatic heterocycles. The Morgan fingerprint density at radius 1 is 1.47 bits per heavy atom. The molecule has 0 bridgehead atoms. The summed E-state index contributed by atoms with van der Waals surface area (Å²) in [6.45, 7) is 2.39. The number of carboxylic acid groups (broad SMARTS) is 1. The van der Waals surface area contributed by atoms with Gasteiger partial charge in [-0.1, -0.05) is 17.3 Å². The van der Waals surface area contributed by atoms with Gasteiger partial charge in [0.25, 0.3) is 0 Å². The maximum Gasteiger partial charge on any atom is 0.303 e. The van der Waals surface area contributed by atoms with Gasteiger partial charge in [0.1, 0.15) is 6.54 Å². The number of nitrogens with zero attached hydrogens (tertiary/aromatic N) is 5. The summed E-state index contributed by atoms with van der Waals surface area (Å²) < 4.78 is 6.64. The molecule has 0 saturated heterocycles. The van der Waals surface area contributed by atoms with Crippen LogP contribution >= 0.6 is 0 Å². The zero-order chi connectivity index (χ0) is 13.7. The standard InChI is InChI=1S/C11H15N5O3/c1-2-3-9-12-10(19-14-9)7-16-6-8(13-15-16)4-5-11(17)18/h6H,2-5,7H2,1H3,(H,17,18). The van der Waals surface area contributed by atoms with Gasteiger partial charge in [-0.25, -0.2) is 4.68 Å². The molecule has 0 spiro atoms. The highest BCUT2D eigenvalue weighted by molar-refractivity contribution is 5.66. The van der Waals surface area contributed by atoms with Crippen LogP contribution in [0, 0.1) is 0 Å². The second-order valence-corrected chi connectivity index (χ2v) is 4.16. The molecule has 2 aromatic rings. The summed E-state index contributed by atoms with van der Waals surface area (Å²) in [5, 5.41) is 20.2. The molecule has 8 heteroatoms. The van der Waals surface area contributed by atoms with Crippen LogP contribution in [0.4, 0.5) is 0 Å². The largest absolute Gasteiger partial charge is 0.481 e. The zero-order valence-corrected chi connectivity index (χ0v) is 10.6. The van der Waals surface area contributed by atoms with Crippen molar-refractivity contribution < 1.29 is 14.4 Å². The number of carbonyl (C=O) groups is 1. The Morgan fingerprint density at radius 3 is 3.05 bits per heavy atom. The van der Waals surface area contributed by atoms with Crippen LogP contribution in [-0.2, 0) is 24.2 Å². The number of aryl methyl sites for hydroxylation is 2. The summed E-state index contributed by atoms with van der Waals surface area (Å²) >= 11 is 0. The molecule has 2 rings (SSSR count). The normalized spacial score (nSPS) is 10.8. The van der Waals surface area contributed by atoms with Crippen molar-refractivity contribution in [1.29, 1.82) is 0 Å². The van der Waals surface area contributed by atoms with Crippen molar-refractivity contribution in [3.63, 3.8) is 0 Å². The summed E-state index contributed by atoms with van der Waals surface area (Å²) in [4.78, 5) is 14.7. The quantitative estimate of drug-likeness (QED) is 0.784. The van der Waals surface area contributed by atoms with Crippen LogP contribution in [-0.4, -0.2) is 36.2 Å². The molecule has 0 aromatic carbocycles. The lowest BCUT2D eigenvalue weighted by atomic mass is 10.2. The predicted octanol–water partition coefficient (Wildman–Crippen LogP) is 0.679. The van der Waals surface area contributed by atoms with Crippen LogP contribution in [0.2, 0.25) is 0 Å². The predicted molar refractivity (Wildman–Crippen MR) is 63.4 cm³/mol. The van der Waals surface area contributed by atoms with Gasteiger partial charge >= 0.3 is 5.97 Å². The third kappa shape index (κ3) is 3.87. The average Bonchev–Trinajstić information content (AvgIpc) is 2.98. The lowest BCUT2D eigenvalue weighted by Gasteiger charge is -1.92. The first-order valence-electron chi connectivity index (χ1n) is 6.09. The van der Waals surface area contributed by atoms with Crippen molar-refractivity contribution in [1.82, 2.24) is 25.1 Å². The van der Waals surface area contributed by atoms with Gasteiger partial charge in [0.2, 0.25) is 5.89 Å². The highest BCUT2D eigenvalue weighted by Gasteiger charge is 2.09. The molecule has 1 N–H and O–H groups in total. The second kappa shape index (κ2) is 6.07. The monoisotopic (exact) mass is 265 g/mol. The molecule has 19 heavy (non-hydrogen) atoms. The number of rotatable bonds is 7. The van der Waals surface area contributed by atoms with Crippen LogP contribution in [0.5, 0.6) is 0 Å². The van der Waals surface area contributed by atoms with E-state index in [0.717, 1.165) is 12.8 Å². The Morgan fingerprint density at radius 2 is 2.32 bits per heavy atom. The third-order valence-corrected chi connectivity index (χ3v) is 2.46. The van der Waals surface area contributed by atoms with Gasteiger partial charge in [-0.15, -0.1) is 5.10 Å². The molecule has 2 aromatic heterocycles. The van der Waals surface area contributed by atoms with Gasteiger partial charge in [0.15, 0.2) is 5.82 Å². The molecule has 0 fully saturated rings. The first kappa shape index (κ1) is 13.2. The number of aromatic nitrogens is 5. The third-order valence-electron chi connectivity index (χ3n) is 2.46. The average molecular weight is 265 g/mol. The van der Waals surface area contributed by atoms with E-state index >= 15 is 0 Å². The number of hydrogen-bond donors (Lipinski definition) is 1. The molecule has 0 amide bonds. The van der Waals surface area contributed by atoms with Crippen molar-refractivity contribution in [3.05, 3.63) is 23.6 Å². The van der Waals surface area contributed by atoms with Crippen LogP contribution in [0.3, 0.4) is 0 Å². The van der Waals surface area contributed by atoms with Gasteiger partial charge in [-0.2, -0.15) is 4.98 Å². The molecule has 8 nitrogen and oxygen atoms in total. The first-order chi connectivity index (χ1) is 9.17. The Labute approximate surface area is 109 Å². The van der Waals surface area contributed by atoms with Crippen molar-refractivity contribution >= 4 is 5.97 Å². The summed E-state index contributed by atoms with van der Waals surface area (Å²) in [7, 11) is 0. The minimum atomic E-state index is -0.851. The highest BCUT2D eigenvalue weighted by Crippen LogP contribution is 2.04. The van der Waals surface area contributed by atoms with E-state index in [2.05, 4.69) is 20.5 Å². The summed E-state index contributed by atoms with van der Waals surface area (Å²) in [6, 6.07) is 0. The summed E-state index contributed by atoms with van der Waals surface area (Å²) in [5.74, 6) is 0.303. The number of carboxylic acids is 1. The summed E-state index contributed by atoms with van der Waals surface area (Å²) in [5.41, 5.74) is 0.635. The van der Waals surface area contributed by atoms with E-state index in [9.17, 15) is 4.79 Å². The van der Waals surface area contributed by atoms with Crippen LogP contribution < -0.4 is 0 Å². The van der Waals surface area contributed by atoms with Gasteiger partial charge < -0.3 is 9.63 Å². The number of hydrogen-bond acceptors (Lipinski definition) is 6. The van der Waals surface area contributed by atoms with E-state index in [1.807, 2.05) is 6.92 Å².